The van der Waals surface area contributed by atoms with Gasteiger partial charge in [-0.2, -0.15) is 10.2 Å². The summed E-state index contributed by atoms with van der Waals surface area (Å²) in [5.74, 6) is 2.80. The van der Waals surface area contributed by atoms with Gasteiger partial charge in [-0.3, -0.25) is 0 Å². The Morgan fingerprint density at radius 2 is 1.95 bits per heavy atom. The largest absolute Gasteiger partial charge is 0.383 e. The second-order valence-electron chi connectivity index (χ2n) is 5.38. The van der Waals surface area contributed by atoms with E-state index >= 15 is 0 Å². The van der Waals surface area contributed by atoms with Gasteiger partial charge in [-0.25, -0.2) is 14.3 Å². The Morgan fingerprint density at radius 1 is 1.19 bits per heavy atom. The van der Waals surface area contributed by atoms with Gasteiger partial charge >= 0.3 is 0 Å². The molecule has 106 valence electrons. The van der Waals surface area contributed by atoms with Crippen molar-refractivity contribution in [2.75, 3.05) is 5.73 Å². The van der Waals surface area contributed by atoms with Crippen LogP contribution in [0, 0.1) is 0 Å². The van der Waals surface area contributed by atoms with Gasteiger partial charge in [0, 0.05) is 13.0 Å². The fourth-order valence-electron chi connectivity index (χ4n) is 2.46. The number of hydrogen-bond donors (Lipinski definition) is 1. The summed E-state index contributed by atoms with van der Waals surface area (Å²) in [6.45, 7) is 0. The molecule has 2 aromatic heterocycles. The van der Waals surface area contributed by atoms with Crippen LogP contribution in [-0.2, 0) is 7.05 Å². The molecular formula is C15H16N6. The molecule has 1 aliphatic rings. The standard InChI is InChI=1S/C15H16N6/c1-20-15(18-14(19-20)10-7-8-10)12-9-17-21(13(12)16)11-5-3-2-4-6-11/h2-6,9-10H,7-8,16H2,1H3. The van der Waals surface area contributed by atoms with Crippen LogP contribution in [0.4, 0.5) is 5.82 Å². The summed E-state index contributed by atoms with van der Waals surface area (Å²) in [7, 11) is 1.90. The molecule has 2 heterocycles. The molecule has 0 amide bonds. The van der Waals surface area contributed by atoms with Crippen LogP contribution >= 0.6 is 0 Å². The number of rotatable bonds is 3. The van der Waals surface area contributed by atoms with Gasteiger partial charge in [-0.05, 0) is 25.0 Å². The van der Waals surface area contributed by atoms with Gasteiger partial charge in [0.15, 0.2) is 11.6 Å². The molecule has 1 fully saturated rings. The van der Waals surface area contributed by atoms with E-state index in [-0.39, 0.29) is 0 Å². The zero-order chi connectivity index (χ0) is 14.4. The first-order chi connectivity index (χ1) is 10.2. The number of aryl methyl sites for hydroxylation is 1. The maximum Gasteiger partial charge on any atom is 0.163 e. The number of hydrogen-bond acceptors (Lipinski definition) is 4. The second-order valence-corrected chi connectivity index (χ2v) is 5.38. The first-order valence-electron chi connectivity index (χ1n) is 7.04. The van der Waals surface area contributed by atoms with Gasteiger partial charge in [0.05, 0.1) is 17.4 Å². The minimum absolute atomic E-state index is 0.523. The Morgan fingerprint density at radius 3 is 2.67 bits per heavy atom. The van der Waals surface area contributed by atoms with Crippen LogP contribution in [0.15, 0.2) is 36.5 Å². The first-order valence-corrected chi connectivity index (χ1v) is 7.04. The Balaban J connectivity index is 1.78. The third kappa shape index (κ3) is 1.99. The molecule has 1 aliphatic carbocycles. The molecule has 3 aromatic rings. The molecule has 6 nitrogen and oxygen atoms in total. The van der Waals surface area contributed by atoms with Gasteiger partial charge in [0.1, 0.15) is 5.82 Å². The third-order valence-corrected chi connectivity index (χ3v) is 3.77. The zero-order valence-corrected chi connectivity index (χ0v) is 11.8. The average molecular weight is 280 g/mol. The molecular weight excluding hydrogens is 264 g/mol. The summed E-state index contributed by atoms with van der Waals surface area (Å²) in [5.41, 5.74) is 8.01. The predicted octanol–water partition coefficient (Wildman–Crippen LogP) is 2.13. The highest BCUT2D eigenvalue weighted by atomic mass is 15.4. The van der Waals surface area contributed by atoms with E-state index in [1.54, 1.807) is 15.6 Å². The molecule has 1 aromatic carbocycles. The monoisotopic (exact) mass is 280 g/mol. The van der Waals surface area contributed by atoms with E-state index in [0.717, 1.165) is 22.9 Å². The van der Waals surface area contributed by atoms with Crippen LogP contribution in [0.5, 0.6) is 0 Å². The summed E-state index contributed by atoms with van der Waals surface area (Å²) < 4.78 is 3.51. The Hall–Kier alpha value is -2.63. The summed E-state index contributed by atoms with van der Waals surface area (Å²) in [5, 5.41) is 8.87. The summed E-state index contributed by atoms with van der Waals surface area (Å²) in [6.07, 6.45) is 4.12. The van der Waals surface area contributed by atoms with Crippen molar-refractivity contribution in [3.05, 3.63) is 42.4 Å². The number of nitrogens with two attached hydrogens (primary N) is 1. The van der Waals surface area contributed by atoms with Crippen molar-refractivity contribution in [2.45, 2.75) is 18.8 Å². The van der Waals surface area contributed by atoms with Crippen LogP contribution in [0.25, 0.3) is 17.1 Å². The molecule has 6 heteroatoms. The number of benzene rings is 1. The number of aromatic nitrogens is 5. The fraction of sp³-hybridized carbons (Fsp3) is 0.267. The van der Waals surface area contributed by atoms with Gasteiger partial charge in [0.25, 0.3) is 0 Å². The normalized spacial score (nSPS) is 14.5. The number of nitrogens with zero attached hydrogens (tertiary/aromatic N) is 5. The van der Waals surface area contributed by atoms with Gasteiger partial charge in [0.2, 0.25) is 0 Å². The van der Waals surface area contributed by atoms with E-state index in [4.69, 9.17) is 5.73 Å². The van der Waals surface area contributed by atoms with Crippen molar-refractivity contribution in [1.82, 2.24) is 24.5 Å². The molecule has 0 spiro atoms. The predicted molar refractivity (Wildman–Crippen MR) is 79.9 cm³/mol. The van der Waals surface area contributed by atoms with Gasteiger partial charge in [-0.15, -0.1) is 0 Å². The minimum atomic E-state index is 0.523. The van der Waals surface area contributed by atoms with Crippen LogP contribution < -0.4 is 5.73 Å². The van der Waals surface area contributed by atoms with Gasteiger partial charge in [-0.1, -0.05) is 18.2 Å². The van der Waals surface area contributed by atoms with E-state index in [9.17, 15) is 0 Å². The highest BCUT2D eigenvalue weighted by molar-refractivity contribution is 5.69. The number of nitrogen functional groups attached to an aromatic ring is 1. The lowest BCUT2D eigenvalue weighted by atomic mass is 10.3. The van der Waals surface area contributed by atoms with Crippen molar-refractivity contribution in [2.24, 2.45) is 7.05 Å². The lowest BCUT2D eigenvalue weighted by Crippen LogP contribution is -2.03. The zero-order valence-electron chi connectivity index (χ0n) is 11.8. The smallest absolute Gasteiger partial charge is 0.163 e. The lowest BCUT2D eigenvalue weighted by Gasteiger charge is -2.04. The molecule has 0 radical (unpaired) electrons. The molecule has 0 bridgehead atoms. The van der Waals surface area contributed by atoms with E-state index in [1.807, 2.05) is 37.4 Å². The minimum Gasteiger partial charge on any atom is -0.383 e. The van der Waals surface area contributed by atoms with Crippen molar-refractivity contribution in [1.29, 1.82) is 0 Å². The molecule has 0 atom stereocenters. The second kappa shape index (κ2) is 4.44. The van der Waals surface area contributed by atoms with Crippen molar-refractivity contribution >= 4 is 5.82 Å². The Kier molecular flexibility index (Phi) is 2.57. The molecule has 0 aliphatic heterocycles. The van der Waals surface area contributed by atoms with Crippen LogP contribution in [-0.4, -0.2) is 24.5 Å². The average Bonchev–Trinajstić information content (AvgIpc) is 3.19. The molecule has 2 N–H and O–H groups in total. The SMILES string of the molecule is Cn1nc(C2CC2)nc1-c1cnn(-c2ccccc2)c1N. The maximum atomic E-state index is 6.26. The van der Waals surface area contributed by atoms with Crippen molar-refractivity contribution < 1.29 is 0 Å². The van der Waals surface area contributed by atoms with Crippen molar-refractivity contribution in [3.63, 3.8) is 0 Å². The topological polar surface area (TPSA) is 74.5 Å². The van der Waals surface area contributed by atoms with Crippen LogP contribution in [0.2, 0.25) is 0 Å². The third-order valence-electron chi connectivity index (χ3n) is 3.77. The van der Waals surface area contributed by atoms with Crippen molar-refractivity contribution in [3.8, 4) is 17.1 Å². The number of para-hydroxylation sites is 1. The Labute approximate surface area is 122 Å². The van der Waals surface area contributed by atoms with E-state index in [2.05, 4.69) is 15.2 Å². The molecule has 1 saturated carbocycles. The quantitative estimate of drug-likeness (QED) is 0.797. The summed E-state index contributed by atoms with van der Waals surface area (Å²) >= 11 is 0. The summed E-state index contributed by atoms with van der Waals surface area (Å²) in [4.78, 5) is 4.63. The molecule has 21 heavy (non-hydrogen) atoms. The molecule has 0 saturated heterocycles. The maximum absolute atomic E-state index is 6.26. The highest BCUT2D eigenvalue weighted by Crippen LogP contribution is 2.39. The summed E-state index contributed by atoms with van der Waals surface area (Å²) in [6, 6.07) is 9.83. The molecule has 4 rings (SSSR count). The van der Waals surface area contributed by atoms with E-state index in [0.29, 0.717) is 11.7 Å². The number of anilines is 1. The van der Waals surface area contributed by atoms with Gasteiger partial charge < -0.3 is 5.73 Å². The first kappa shape index (κ1) is 12.1. The lowest BCUT2D eigenvalue weighted by molar-refractivity contribution is 0.750. The Bertz CT molecular complexity index is 782. The molecule has 0 unspecified atom stereocenters. The van der Waals surface area contributed by atoms with Crippen LogP contribution in [0.1, 0.15) is 24.6 Å². The van der Waals surface area contributed by atoms with E-state index in [1.165, 1.54) is 12.8 Å². The van der Waals surface area contributed by atoms with E-state index < -0.39 is 0 Å². The highest BCUT2D eigenvalue weighted by Gasteiger charge is 2.29. The van der Waals surface area contributed by atoms with Crippen LogP contribution in [0.3, 0.4) is 0 Å². The fourth-order valence-corrected chi connectivity index (χ4v) is 2.46.